The molecule has 2 N–H and O–H groups in total. The first-order valence-electron chi connectivity index (χ1n) is 10.1. The molecule has 0 radical (unpaired) electrons. The van der Waals surface area contributed by atoms with E-state index in [1.54, 1.807) is 6.20 Å². The summed E-state index contributed by atoms with van der Waals surface area (Å²) in [7, 11) is 0. The van der Waals surface area contributed by atoms with Gasteiger partial charge in [0.1, 0.15) is 12.4 Å². The van der Waals surface area contributed by atoms with E-state index in [4.69, 9.17) is 9.73 Å². The predicted octanol–water partition coefficient (Wildman–Crippen LogP) is 3.61. The first-order chi connectivity index (χ1) is 14.3. The van der Waals surface area contributed by atoms with Crippen LogP contribution in [0.3, 0.4) is 0 Å². The van der Waals surface area contributed by atoms with Gasteiger partial charge in [0.2, 0.25) is 0 Å². The number of nitrogens with one attached hydrogen (secondary N) is 2. The predicted molar refractivity (Wildman–Crippen MR) is 117 cm³/mol. The Kier molecular flexibility index (Phi) is 8.14. The normalized spacial score (nSPS) is 11.3. The highest BCUT2D eigenvalue weighted by Crippen LogP contribution is 2.16. The third-order valence-electron chi connectivity index (χ3n) is 4.33. The SMILES string of the molecule is CCNC(=NCc1cccc(OCc2ccccc2)c1)NCCCn1cccn1. The highest BCUT2D eigenvalue weighted by Gasteiger charge is 2.01. The Bertz CT molecular complexity index is 862. The largest absolute Gasteiger partial charge is 0.489 e. The van der Waals surface area contributed by atoms with Gasteiger partial charge in [-0.1, -0.05) is 42.5 Å². The number of benzene rings is 2. The van der Waals surface area contributed by atoms with Crippen molar-refractivity contribution in [3.05, 3.63) is 84.2 Å². The van der Waals surface area contributed by atoms with Gasteiger partial charge in [0, 0.05) is 32.0 Å². The average molecular weight is 392 g/mol. The smallest absolute Gasteiger partial charge is 0.191 e. The number of aliphatic imine (C=N–C) groups is 1. The molecule has 2 aromatic carbocycles. The maximum Gasteiger partial charge on any atom is 0.191 e. The van der Waals surface area contributed by atoms with Gasteiger partial charge >= 0.3 is 0 Å². The molecule has 29 heavy (non-hydrogen) atoms. The molecular weight excluding hydrogens is 362 g/mol. The molecule has 6 nitrogen and oxygen atoms in total. The molecule has 0 bridgehead atoms. The number of aryl methyl sites for hydroxylation is 1. The second kappa shape index (κ2) is 11.5. The van der Waals surface area contributed by atoms with Crippen molar-refractivity contribution in [2.45, 2.75) is 33.0 Å². The van der Waals surface area contributed by atoms with E-state index in [-0.39, 0.29) is 0 Å². The van der Waals surface area contributed by atoms with Crippen molar-refractivity contribution >= 4 is 5.96 Å². The van der Waals surface area contributed by atoms with Crippen LogP contribution in [0.15, 0.2) is 78.0 Å². The van der Waals surface area contributed by atoms with Crippen LogP contribution in [0.1, 0.15) is 24.5 Å². The Balaban J connectivity index is 1.48. The lowest BCUT2D eigenvalue weighted by Crippen LogP contribution is -2.38. The first kappa shape index (κ1) is 20.5. The van der Waals surface area contributed by atoms with E-state index in [2.05, 4.69) is 40.9 Å². The molecule has 0 aliphatic rings. The van der Waals surface area contributed by atoms with Gasteiger partial charge in [0.25, 0.3) is 0 Å². The number of ether oxygens (including phenoxy) is 1. The second-order valence-electron chi connectivity index (χ2n) is 6.67. The summed E-state index contributed by atoms with van der Waals surface area (Å²) < 4.78 is 7.85. The molecule has 0 aliphatic carbocycles. The summed E-state index contributed by atoms with van der Waals surface area (Å²) >= 11 is 0. The van der Waals surface area contributed by atoms with Crippen molar-refractivity contribution in [2.24, 2.45) is 4.99 Å². The maximum absolute atomic E-state index is 5.91. The van der Waals surface area contributed by atoms with Gasteiger partial charge in [0.05, 0.1) is 6.54 Å². The fourth-order valence-electron chi connectivity index (χ4n) is 2.87. The summed E-state index contributed by atoms with van der Waals surface area (Å²) in [6.07, 6.45) is 4.76. The lowest BCUT2D eigenvalue weighted by atomic mass is 10.2. The number of hydrogen-bond donors (Lipinski definition) is 2. The van der Waals surface area contributed by atoms with Gasteiger partial charge in [-0.05, 0) is 42.7 Å². The molecule has 152 valence electrons. The van der Waals surface area contributed by atoms with E-state index < -0.39 is 0 Å². The van der Waals surface area contributed by atoms with Gasteiger partial charge in [-0.2, -0.15) is 5.10 Å². The van der Waals surface area contributed by atoms with Gasteiger partial charge in [-0.3, -0.25) is 4.68 Å². The van der Waals surface area contributed by atoms with Crippen LogP contribution >= 0.6 is 0 Å². The summed E-state index contributed by atoms with van der Waals surface area (Å²) in [6.45, 7) is 5.78. The monoisotopic (exact) mass is 391 g/mol. The van der Waals surface area contributed by atoms with Crippen LogP contribution in [0.25, 0.3) is 0 Å². The molecule has 0 spiro atoms. The second-order valence-corrected chi connectivity index (χ2v) is 6.67. The lowest BCUT2D eigenvalue weighted by molar-refractivity contribution is 0.306. The molecule has 0 saturated heterocycles. The minimum Gasteiger partial charge on any atom is -0.489 e. The molecule has 0 atom stereocenters. The van der Waals surface area contributed by atoms with Crippen LogP contribution < -0.4 is 15.4 Å². The van der Waals surface area contributed by atoms with Gasteiger partial charge in [0.15, 0.2) is 5.96 Å². The van der Waals surface area contributed by atoms with Crippen molar-refractivity contribution in [1.29, 1.82) is 0 Å². The highest BCUT2D eigenvalue weighted by atomic mass is 16.5. The molecule has 0 amide bonds. The summed E-state index contributed by atoms with van der Waals surface area (Å²) in [5.74, 6) is 1.68. The highest BCUT2D eigenvalue weighted by molar-refractivity contribution is 5.79. The van der Waals surface area contributed by atoms with Crippen LogP contribution in [-0.2, 0) is 19.7 Å². The third-order valence-corrected chi connectivity index (χ3v) is 4.33. The van der Waals surface area contributed by atoms with E-state index in [0.29, 0.717) is 13.2 Å². The minimum atomic E-state index is 0.564. The van der Waals surface area contributed by atoms with E-state index in [1.165, 1.54) is 0 Å². The molecule has 6 heteroatoms. The Morgan fingerprint density at radius 3 is 2.69 bits per heavy atom. The van der Waals surface area contributed by atoms with Crippen molar-refractivity contribution in [2.75, 3.05) is 13.1 Å². The summed E-state index contributed by atoms with van der Waals surface area (Å²) in [6, 6.07) is 20.2. The quantitative estimate of drug-likeness (QED) is 0.315. The fourth-order valence-corrected chi connectivity index (χ4v) is 2.87. The Labute approximate surface area is 172 Å². The van der Waals surface area contributed by atoms with Crippen LogP contribution in [-0.4, -0.2) is 28.8 Å². The molecule has 1 aromatic heterocycles. The fraction of sp³-hybridized carbons (Fsp3) is 0.304. The van der Waals surface area contributed by atoms with Crippen molar-refractivity contribution in [3.8, 4) is 5.75 Å². The number of rotatable bonds is 10. The van der Waals surface area contributed by atoms with E-state index in [1.807, 2.05) is 53.3 Å². The molecular formula is C23H29N5O. The van der Waals surface area contributed by atoms with Crippen molar-refractivity contribution in [3.63, 3.8) is 0 Å². The van der Waals surface area contributed by atoms with Crippen LogP contribution in [0, 0.1) is 0 Å². The van der Waals surface area contributed by atoms with Crippen LogP contribution in [0.2, 0.25) is 0 Å². The Hall–Kier alpha value is -3.28. The topological polar surface area (TPSA) is 63.5 Å². The Morgan fingerprint density at radius 1 is 1.03 bits per heavy atom. The van der Waals surface area contributed by atoms with E-state index in [9.17, 15) is 0 Å². The van der Waals surface area contributed by atoms with Crippen molar-refractivity contribution < 1.29 is 4.74 Å². The number of aromatic nitrogens is 2. The zero-order chi connectivity index (χ0) is 20.2. The lowest BCUT2D eigenvalue weighted by Gasteiger charge is -2.12. The van der Waals surface area contributed by atoms with Crippen LogP contribution in [0.4, 0.5) is 0 Å². The van der Waals surface area contributed by atoms with Crippen molar-refractivity contribution in [1.82, 2.24) is 20.4 Å². The number of guanidine groups is 1. The molecule has 0 saturated carbocycles. The summed E-state index contributed by atoms with van der Waals surface area (Å²) in [5, 5.41) is 10.9. The molecule has 0 aliphatic heterocycles. The molecule has 3 rings (SSSR count). The van der Waals surface area contributed by atoms with Gasteiger partial charge in [-0.15, -0.1) is 0 Å². The summed E-state index contributed by atoms with van der Waals surface area (Å²) in [5.41, 5.74) is 2.27. The number of nitrogens with zero attached hydrogens (tertiary/aromatic N) is 3. The molecule has 0 fully saturated rings. The van der Waals surface area contributed by atoms with Gasteiger partial charge in [-0.25, -0.2) is 4.99 Å². The zero-order valence-electron chi connectivity index (χ0n) is 16.9. The first-order valence-corrected chi connectivity index (χ1v) is 10.1. The Morgan fingerprint density at radius 2 is 1.90 bits per heavy atom. The average Bonchev–Trinajstić information content (AvgIpc) is 3.28. The zero-order valence-corrected chi connectivity index (χ0v) is 16.9. The number of hydrogen-bond acceptors (Lipinski definition) is 3. The maximum atomic E-state index is 5.91. The minimum absolute atomic E-state index is 0.564. The summed E-state index contributed by atoms with van der Waals surface area (Å²) in [4.78, 5) is 4.69. The van der Waals surface area contributed by atoms with Crippen LogP contribution in [0.5, 0.6) is 5.75 Å². The molecule has 3 aromatic rings. The molecule has 1 heterocycles. The van der Waals surface area contributed by atoms with E-state index in [0.717, 1.165) is 48.9 Å². The molecule has 0 unspecified atom stereocenters. The third kappa shape index (κ3) is 7.33. The standard InChI is InChI=1S/C23H29N5O/c1-2-24-23(25-13-7-15-28-16-8-14-27-28)26-18-21-11-6-12-22(17-21)29-19-20-9-4-3-5-10-20/h3-6,8-12,14,16-17H,2,7,13,15,18-19H2,1H3,(H2,24,25,26). The van der Waals surface area contributed by atoms with Gasteiger partial charge < -0.3 is 15.4 Å². The van der Waals surface area contributed by atoms with E-state index >= 15 is 0 Å².